The van der Waals surface area contributed by atoms with Crippen LogP contribution in [-0.2, 0) is 10.8 Å². The number of nitrogens with zero attached hydrogens (tertiary/aromatic N) is 3. The maximum atomic E-state index is 2.72. The molecule has 10 rings (SSSR count). The molecule has 3 nitrogen and oxygen atoms in total. The largest absolute Gasteiger partial charge is 0.378 e. The first-order chi connectivity index (χ1) is 22.9. The van der Waals surface area contributed by atoms with E-state index in [2.05, 4.69) is 167 Å². The predicted octanol–water partition coefficient (Wildman–Crippen LogP) is 9.65. The zero-order chi connectivity index (χ0) is 33.0. The van der Waals surface area contributed by atoms with Crippen molar-refractivity contribution in [2.45, 2.75) is 52.4 Å². The van der Waals surface area contributed by atoms with Crippen molar-refractivity contribution in [1.82, 2.24) is 9.05 Å². The Labute approximate surface area is 282 Å². The normalized spacial score (nSPS) is 13.8. The van der Waals surface area contributed by atoms with Gasteiger partial charge in [0.1, 0.15) is 0 Å². The van der Waals surface area contributed by atoms with Crippen molar-refractivity contribution in [1.29, 1.82) is 0 Å². The van der Waals surface area contributed by atoms with Crippen molar-refractivity contribution in [3.63, 3.8) is 0 Å². The SMILES string of the molecule is CN(C)c1ccc2c(c1)B1c3c(c4ccccc4c4c5ccccc5n-2c34)-c2cc(C(C)(C)C)cc3c4cc(C(C)(C)C)ccc4n1c23. The highest BCUT2D eigenvalue weighted by atomic mass is 15.1. The third kappa shape index (κ3) is 3.40. The number of fused-ring (bicyclic) bond motifs is 14. The average Bonchev–Trinajstić information content (AvgIpc) is 3.58. The van der Waals surface area contributed by atoms with Gasteiger partial charge in [-0.1, -0.05) is 90.1 Å². The van der Waals surface area contributed by atoms with Crippen LogP contribution in [0.2, 0.25) is 0 Å². The van der Waals surface area contributed by atoms with Gasteiger partial charge in [0.25, 0.3) is 0 Å². The lowest BCUT2D eigenvalue weighted by Gasteiger charge is -2.35. The molecule has 4 heterocycles. The van der Waals surface area contributed by atoms with Crippen LogP contribution < -0.4 is 15.8 Å². The smallest absolute Gasteiger partial charge is 0.333 e. The molecule has 0 atom stereocenters. The van der Waals surface area contributed by atoms with E-state index in [0.717, 1.165) is 0 Å². The molecule has 0 aliphatic carbocycles. The van der Waals surface area contributed by atoms with Crippen molar-refractivity contribution >= 4 is 77.8 Å². The number of hydrogen-bond donors (Lipinski definition) is 0. The molecule has 0 bridgehead atoms. The summed E-state index contributed by atoms with van der Waals surface area (Å²) in [5.41, 5.74) is 16.2. The first-order valence-corrected chi connectivity index (χ1v) is 17.4. The second-order valence-corrected chi connectivity index (χ2v) is 16.5. The summed E-state index contributed by atoms with van der Waals surface area (Å²) in [5.74, 6) is 0. The van der Waals surface area contributed by atoms with E-state index < -0.39 is 0 Å². The fourth-order valence-electron chi connectivity index (χ4n) is 8.96. The summed E-state index contributed by atoms with van der Waals surface area (Å²) in [6.07, 6.45) is 0. The van der Waals surface area contributed by atoms with Gasteiger partial charge in [-0.25, -0.2) is 0 Å². The summed E-state index contributed by atoms with van der Waals surface area (Å²) in [4.78, 5) is 2.24. The molecule has 0 fully saturated rings. The van der Waals surface area contributed by atoms with Gasteiger partial charge in [0.15, 0.2) is 0 Å². The molecule has 8 aromatic rings. The van der Waals surface area contributed by atoms with Crippen LogP contribution in [0, 0.1) is 0 Å². The third-order valence-electron chi connectivity index (χ3n) is 11.4. The van der Waals surface area contributed by atoms with Gasteiger partial charge in [-0.05, 0) is 97.7 Å². The van der Waals surface area contributed by atoms with Gasteiger partial charge in [0, 0.05) is 63.6 Å². The third-order valence-corrected chi connectivity index (χ3v) is 11.4. The number of anilines is 1. The monoisotopic (exact) mass is 621 g/mol. The molecule has 0 radical (unpaired) electrons. The fourth-order valence-corrected chi connectivity index (χ4v) is 8.96. The molecule has 0 saturated carbocycles. The van der Waals surface area contributed by atoms with Crippen LogP contribution in [0.1, 0.15) is 52.7 Å². The van der Waals surface area contributed by atoms with Crippen LogP contribution in [-0.4, -0.2) is 30.0 Å². The van der Waals surface area contributed by atoms with Crippen molar-refractivity contribution in [2.24, 2.45) is 0 Å². The molecule has 6 aromatic carbocycles. The van der Waals surface area contributed by atoms with E-state index in [1.807, 2.05) is 0 Å². The van der Waals surface area contributed by atoms with Crippen LogP contribution in [0.25, 0.3) is 71.2 Å². The van der Waals surface area contributed by atoms with Crippen molar-refractivity contribution in [3.8, 4) is 16.8 Å². The summed E-state index contributed by atoms with van der Waals surface area (Å²) in [6, 6.07) is 37.6. The van der Waals surface area contributed by atoms with Crippen LogP contribution in [0.3, 0.4) is 0 Å². The second kappa shape index (κ2) is 8.93. The second-order valence-electron chi connectivity index (χ2n) is 16.5. The molecule has 234 valence electrons. The van der Waals surface area contributed by atoms with Crippen LogP contribution in [0.4, 0.5) is 5.69 Å². The highest BCUT2D eigenvalue weighted by Gasteiger charge is 2.43. The molecule has 0 amide bonds. The number of rotatable bonds is 1. The van der Waals surface area contributed by atoms with Gasteiger partial charge in [-0.15, -0.1) is 0 Å². The van der Waals surface area contributed by atoms with Gasteiger partial charge in [0.05, 0.1) is 11.0 Å². The molecule has 0 saturated heterocycles. The molecule has 2 aliphatic heterocycles. The Morgan fingerprint density at radius 3 is 2.00 bits per heavy atom. The lowest BCUT2D eigenvalue weighted by Crippen LogP contribution is -2.55. The van der Waals surface area contributed by atoms with E-state index in [4.69, 9.17) is 0 Å². The first kappa shape index (κ1) is 28.1. The predicted molar refractivity (Wildman–Crippen MR) is 209 cm³/mol. The zero-order valence-electron chi connectivity index (χ0n) is 29.2. The summed E-state index contributed by atoms with van der Waals surface area (Å²) in [6.45, 7) is 14.1. The van der Waals surface area contributed by atoms with Crippen LogP contribution >= 0.6 is 0 Å². The van der Waals surface area contributed by atoms with E-state index in [0.29, 0.717) is 0 Å². The summed E-state index contributed by atoms with van der Waals surface area (Å²) >= 11 is 0. The van der Waals surface area contributed by atoms with E-state index >= 15 is 0 Å². The summed E-state index contributed by atoms with van der Waals surface area (Å²) in [7, 11) is 4.31. The molecule has 0 spiro atoms. The highest BCUT2D eigenvalue weighted by molar-refractivity contribution is 6.90. The minimum absolute atomic E-state index is 0.00313. The maximum Gasteiger partial charge on any atom is 0.333 e. The Bertz CT molecular complexity index is 2720. The minimum atomic E-state index is -0.00313. The Morgan fingerprint density at radius 2 is 1.27 bits per heavy atom. The lowest BCUT2D eigenvalue weighted by molar-refractivity contribution is 0.590. The Kier molecular flexibility index (Phi) is 5.23. The Balaban J connectivity index is 1.52. The molecule has 48 heavy (non-hydrogen) atoms. The summed E-state index contributed by atoms with van der Waals surface area (Å²) in [5, 5.41) is 8.09. The molecule has 2 aliphatic rings. The van der Waals surface area contributed by atoms with E-state index in [1.54, 1.807) is 0 Å². The molecular formula is C44H40BN3. The first-order valence-electron chi connectivity index (χ1n) is 17.4. The van der Waals surface area contributed by atoms with Gasteiger partial charge in [0.2, 0.25) is 0 Å². The Hall–Kier alpha value is -4.96. The van der Waals surface area contributed by atoms with E-state index in [1.165, 1.54) is 98.9 Å². The van der Waals surface area contributed by atoms with Gasteiger partial charge in [-0.3, -0.25) is 0 Å². The minimum Gasteiger partial charge on any atom is -0.378 e. The van der Waals surface area contributed by atoms with Gasteiger partial charge in [-0.2, -0.15) is 0 Å². The molecule has 0 unspecified atom stereocenters. The maximum absolute atomic E-state index is 2.72. The van der Waals surface area contributed by atoms with Crippen molar-refractivity contribution in [3.05, 3.63) is 108 Å². The zero-order valence-corrected chi connectivity index (χ0v) is 29.2. The highest BCUT2D eigenvalue weighted by Crippen LogP contribution is 2.49. The van der Waals surface area contributed by atoms with Gasteiger partial charge < -0.3 is 13.9 Å². The van der Waals surface area contributed by atoms with Crippen molar-refractivity contribution in [2.75, 3.05) is 19.0 Å². The number of benzene rings is 6. The number of hydrogen-bond acceptors (Lipinski definition) is 1. The lowest BCUT2D eigenvalue weighted by atomic mass is 9.45. The molecule has 4 heteroatoms. The standard InChI is InChI=1S/C44H40BN3/c1-43(2,3)25-17-19-36-31(21-25)32-22-26(44(4,5)6)23-33-38-28-13-9-10-14-29(28)39-30-15-11-12-16-35(30)47-37-20-18-27(46(7)8)24-34(37)45(40(38)42(39)47)48(36)41(32)33/h9-24H,1-8H3. The van der Waals surface area contributed by atoms with Gasteiger partial charge >= 0.3 is 6.85 Å². The van der Waals surface area contributed by atoms with E-state index in [-0.39, 0.29) is 17.7 Å². The number of para-hydroxylation sites is 1. The average molecular weight is 622 g/mol. The topological polar surface area (TPSA) is 13.1 Å². The fraction of sp³-hybridized carbons (Fsp3) is 0.227. The van der Waals surface area contributed by atoms with E-state index in [9.17, 15) is 0 Å². The quantitative estimate of drug-likeness (QED) is 0.166. The number of aromatic nitrogens is 2. The summed E-state index contributed by atoms with van der Waals surface area (Å²) < 4.78 is 5.30. The Morgan fingerprint density at radius 1 is 0.583 bits per heavy atom. The molecule has 2 aromatic heterocycles. The van der Waals surface area contributed by atoms with Crippen molar-refractivity contribution < 1.29 is 0 Å². The molecular weight excluding hydrogens is 581 g/mol. The van der Waals surface area contributed by atoms with Crippen LogP contribution in [0.5, 0.6) is 0 Å². The molecule has 0 N–H and O–H groups in total. The van der Waals surface area contributed by atoms with Crippen LogP contribution in [0.15, 0.2) is 97.1 Å².